The Kier molecular flexibility index (Phi) is 4.99. The maximum Gasteiger partial charge on any atom is 0.165 e. The van der Waals surface area contributed by atoms with Gasteiger partial charge in [-0.15, -0.1) is 23.1 Å². The van der Waals surface area contributed by atoms with E-state index in [4.69, 9.17) is 5.53 Å². The molecule has 24 heavy (non-hydrogen) atoms. The quantitative estimate of drug-likeness (QED) is 0.255. The molecule has 0 spiro atoms. The first kappa shape index (κ1) is 17.1. The van der Waals surface area contributed by atoms with Crippen LogP contribution in [0.2, 0.25) is 0 Å². The number of carbonyl (C=O) groups excluding carboxylic acids is 1. The molecule has 6 nitrogen and oxygen atoms in total. The van der Waals surface area contributed by atoms with Crippen LogP contribution in [0.15, 0.2) is 21.6 Å². The number of thiophene rings is 1. The molecule has 0 aromatic carbocycles. The van der Waals surface area contributed by atoms with Gasteiger partial charge in [0, 0.05) is 29.6 Å². The van der Waals surface area contributed by atoms with Gasteiger partial charge in [-0.1, -0.05) is 19.0 Å². The lowest BCUT2D eigenvalue weighted by atomic mass is 9.74. The zero-order chi connectivity index (χ0) is 17.2. The number of aromatic nitrogens is 2. The van der Waals surface area contributed by atoms with Crippen molar-refractivity contribution in [1.29, 1.82) is 0 Å². The number of nitrogens with zero attached hydrogens (tertiary/aromatic N) is 4. The molecule has 2 aromatic rings. The summed E-state index contributed by atoms with van der Waals surface area (Å²) >= 11 is 3.36. The summed E-state index contributed by atoms with van der Waals surface area (Å²) in [4.78, 5) is 16.6. The lowest BCUT2D eigenvalue weighted by Gasteiger charge is -2.29. The third-order valence-electron chi connectivity index (χ3n) is 3.99. The molecule has 0 bridgehead atoms. The molecule has 0 aliphatic heterocycles. The highest BCUT2D eigenvalue weighted by molar-refractivity contribution is 8.01. The summed E-state index contributed by atoms with van der Waals surface area (Å²) in [5.74, 6) is 1.08. The van der Waals surface area contributed by atoms with Gasteiger partial charge in [-0.2, -0.15) is 5.10 Å². The zero-order valence-corrected chi connectivity index (χ0v) is 15.3. The number of H-pyrrole nitrogens is 1. The Morgan fingerprint density at radius 2 is 2.33 bits per heavy atom. The minimum absolute atomic E-state index is 0.0105. The van der Waals surface area contributed by atoms with E-state index in [-0.39, 0.29) is 11.2 Å². The lowest BCUT2D eigenvalue weighted by molar-refractivity contribution is 0.0910. The minimum Gasteiger partial charge on any atom is -0.294 e. The fraction of sp³-hybridized carbons (Fsp3) is 0.500. The van der Waals surface area contributed by atoms with Crippen molar-refractivity contribution < 1.29 is 4.79 Å². The van der Waals surface area contributed by atoms with Crippen molar-refractivity contribution in [2.75, 3.05) is 12.3 Å². The summed E-state index contributed by atoms with van der Waals surface area (Å²) < 4.78 is 1.08. The van der Waals surface area contributed by atoms with Crippen LogP contribution in [0.25, 0.3) is 21.0 Å². The first-order valence-corrected chi connectivity index (χ1v) is 9.64. The van der Waals surface area contributed by atoms with Crippen LogP contribution >= 0.6 is 23.1 Å². The Morgan fingerprint density at radius 1 is 1.50 bits per heavy atom. The topological polar surface area (TPSA) is 94.5 Å². The molecule has 0 fully saturated rings. The summed E-state index contributed by atoms with van der Waals surface area (Å²) in [6.45, 7) is 4.79. The second-order valence-electron chi connectivity index (χ2n) is 6.64. The van der Waals surface area contributed by atoms with E-state index in [1.807, 2.05) is 6.07 Å². The molecule has 2 aromatic heterocycles. The molecule has 1 aliphatic carbocycles. The molecule has 0 atom stereocenters. The molecule has 1 N–H and O–H groups in total. The van der Waals surface area contributed by atoms with Crippen LogP contribution in [0.4, 0.5) is 0 Å². The number of fused-ring (bicyclic) bond motifs is 1. The number of nitrogens with one attached hydrogen (secondary N) is 1. The van der Waals surface area contributed by atoms with Crippen molar-refractivity contribution >= 4 is 28.9 Å². The zero-order valence-electron chi connectivity index (χ0n) is 13.7. The van der Waals surface area contributed by atoms with Crippen molar-refractivity contribution in [3.63, 3.8) is 0 Å². The molecular weight excluding hydrogens is 342 g/mol. The summed E-state index contributed by atoms with van der Waals surface area (Å²) in [5.41, 5.74) is 11.4. The van der Waals surface area contributed by atoms with Gasteiger partial charge >= 0.3 is 0 Å². The predicted octanol–water partition coefficient (Wildman–Crippen LogP) is 5.09. The van der Waals surface area contributed by atoms with E-state index >= 15 is 0 Å². The molecular formula is C16H19N5OS2. The number of aromatic amines is 1. The number of Topliss-reactive ketones (excluding diaryl/α,β-unsaturated/α-hetero) is 1. The van der Waals surface area contributed by atoms with E-state index in [0.717, 1.165) is 44.5 Å². The van der Waals surface area contributed by atoms with Gasteiger partial charge in [0.2, 0.25) is 0 Å². The number of azide groups is 1. The first-order valence-electron chi connectivity index (χ1n) is 7.84. The Labute approximate surface area is 148 Å². The first-order chi connectivity index (χ1) is 11.5. The van der Waals surface area contributed by atoms with Gasteiger partial charge in [-0.25, -0.2) is 0 Å². The Hall–Kier alpha value is -1.76. The van der Waals surface area contributed by atoms with E-state index in [1.165, 1.54) is 0 Å². The van der Waals surface area contributed by atoms with Crippen molar-refractivity contribution in [2.45, 2.75) is 37.3 Å². The number of rotatable bonds is 6. The molecule has 126 valence electrons. The summed E-state index contributed by atoms with van der Waals surface area (Å²) in [6.07, 6.45) is 4.04. The van der Waals surface area contributed by atoms with Crippen LogP contribution in [0.1, 0.15) is 42.6 Å². The number of hydrogen-bond donors (Lipinski definition) is 1. The molecule has 8 heteroatoms. The number of thioether (sulfide) groups is 1. The van der Waals surface area contributed by atoms with Crippen molar-refractivity contribution in [1.82, 2.24) is 10.2 Å². The van der Waals surface area contributed by atoms with Crippen LogP contribution in [-0.4, -0.2) is 28.3 Å². The Morgan fingerprint density at radius 3 is 3.04 bits per heavy atom. The predicted molar refractivity (Wildman–Crippen MR) is 97.7 cm³/mol. The van der Waals surface area contributed by atoms with Crippen molar-refractivity contribution in [3.8, 4) is 10.6 Å². The summed E-state index contributed by atoms with van der Waals surface area (Å²) in [6, 6.07) is 1.95. The molecule has 3 rings (SSSR count). The summed E-state index contributed by atoms with van der Waals surface area (Å²) in [5, 5.41) is 10.6. The smallest absolute Gasteiger partial charge is 0.165 e. The van der Waals surface area contributed by atoms with Crippen molar-refractivity contribution in [3.05, 3.63) is 33.8 Å². The Bertz CT molecular complexity index is 788. The third-order valence-corrected chi connectivity index (χ3v) is 6.61. The average Bonchev–Trinajstić information content (AvgIpc) is 3.13. The molecule has 2 heterocycles. The fourth-order valence-electron chi connectivity index (χ4n) is 3.00. The van der Waals surface area contributed by atoms with Gasteiger partial charge in [0.1, 0.15) is 0 Å². The van der Waals surface area contributed by atoms with Gasteiger partial charge < -0.3 is 0 Å². The van der Waals surface area contributed by atoms with Gasteiger partial charge in [-0.3, -0.25) is 9.89 Å². The van der Waals surface area contributed by atoms with E-state index in [9.17, 15) is 4.79 Å². The van der Waals surface area contributed by atoms with Crippen LogP contribution < -0.4 is 0 Å². The van der Waals surface area contributed by atoms with E-state index < -0.39 is 0 Å². The molecule has 0 unspecified atom stereocenters. The van der Waals surface area contributed by atoms with E-state index in [0.29, 0.717) is 13.0 Å². The molecule has 0 radical (unpaired) electrons. The van der Waals surface area contributed by atoms with Crippen molar-refractivity contribution in [2.24, 2.45) is 10.5 Å². The van der Waals surface area contributed by atoms with Crippen LogP contribution in [0, 0.1) is 5.41 Å². The SMILES string of the molecule is CC1(C)CC(=O)c2c(SCCCN=[N+]=[N-])sc(-c3ccn[nH]3)c2C1. The Balaban J connectivity index is 1.92. The van der Waals surface area contributed by atoms with Gasteiger partial charge in [-0.05, 0) is 41.2 Å². The minimum atomic E-state index is -0.0105. The second-order valence-corrected chi connectivity index (χ2v) is 9.02. The van der Waals surface area contributed by atoms with Crippen LogP contribution in [0.3, 0.4) is 0 Å². The fourth-order valence-corrected chi connectivity index (χ4v) is 5.62. The molecule has 0 saturated heterocycles. The highest BCUT2D eigenvalue weighted by atomic mass is 32.2. The second kappa shape index (κ2) is 7.01. The molecule has 1 aliphatic rings. The lowest BCUT2D eigenvalue weighted by Crippen LogP contribution is -2.26. The highest BCUT2D eigenvalue weighted by Gasteiger charge is 2.36. The normalized spacial score (nSPS) is 15.8. The molecule has 0 amide bonds. The molecule has 0 saturated carbocycles. The largest absolute Gasteiger partial charge is 0.294 e. The highest BCUT2D eigenvalue weighted by Crippen LogP contribution is 2.48. The standard InChI is InChI=1S/C16H19N5OS2/c1-16(2)8-10-13(12(22)9-16)15(23-7-3-5-19-21-17)24-14(10)11-4-6-18-20-11/h4,6H,3,5,7-9H2,1-2H3,(H,18,20). The summed E-state index contributed by atoms with van der Waals surface area (Å²) in [7, 11) is 0. The van der Waals surface area contributed by atoms with Gasteiger partial charge in [0.25, 0.3) is 0 Å². The third kappa shape index (κ3) is 3.50. The number of ketones is 1. The van der Waals surface area contributed by atoms with Crippen LogP contribution in [0.5, 0.6) is 0 Å². The number of hydrogen-bond acceptors (Lipinski definition) is 5. The van der Waals surface area contributed by atoms with Gasteiger partial charge in [0.05, 0.1) is 14.8 Å². The monoisotopic (exact) mass is 361 g/mol. The van der Waals surface area contributed by atoms with E-state index in [2.05, 4.69) is 34.1 Å². The maximum atomic E-state index is 12.7. The van der Waals surface area contributed by atoms with E-state index in [1.54, 1.807) is 29.3 Å². The maximum absolute atomic E-state index is 12.7. The number of carbonyl (C=O) groups is 1. The van der Waals surface area contributed by atoms with Crippen LogP contribution in [-0.2, 0) is 6.42 Å². The van der Waals surface area contributed by atoms with Gasteiger partial charge in [0.15, 0.2) is 5.78 Å². The average molecular weight is 361 g/mol.